The third-order valence-corrected chi connectivity index (χ3v) is 1.54. The zero-order chi connectivity index (χ0) is 8.43. The molecule has 1 N–H and O–H groups in total. The molecule has 0 aliphatic rings. The summed E-state index contributed by atoms with van der Waals surface area (Å²) in [6, 6.07) is 1.30. The number of aromatic nitrogens is 1. The molecule has 1 rings (SSSR count). The molecule has 1 aromatic rings. The summed E-state index contributed by atoms with van der Waals surface area (Å²) in [6.07, 6.45) is 0.486. The zero-order valence-electron chi connectivity index (χ0n) is 6.50. The second kappa shape index (κ2) is 2.96. The van der Waals surface area contributed by atoms with Crippen LogP contribution in [0, 0.1) is 12.7 Å². The van der Waals surface area contributed by atoms with Crippen molar-refractivity contribution in [1.82, 2.24) is 4.98 Å². The van der Waals surface area contributed by atoms with Crippen molar-refractivity contribution in [2.45, 2.75) is 20.0 Å². The second-order valence-electron chi connectivity index (χ2n) is 2.50. The Hall–Kier alpha value is -0.960. The van der Waals surface area contributed by atoms with Gasteiger partial charge in [0.2, 0.25) is 0 Å². The van der Waals surface area contributed by atoms with E-state index in [0.29, 0.717) is 11.3 Å². The number of aliphatic hydroxyl groups excluding tert-OH is 1. The molecule has 2 nitrogen and oxygen atoms in total. The Bertz CT molecular complexity index is 260. The monoisotopic (exact) mass is 155 g/mol. The number of hydrogen-bond donors (Lipinski definition) is 1. The van der Waals surface area contributed by atoms with Gasteiger partial charge in [0.1, 0.15) is 5.82 Å². The van der Waals surface area contributed by atoms with Gasteiger partial charge in [-0.3, -0.25) is 4.98 Å². The van der Waals surface area contributed by atoms with Gasteiger partial charge in [0.05, 0.1) is 12.3 Å². The smallest absolute Gasteiger partial charge is 0.141 e. The minimum atomic E-state index is -0.654. The lowest BCUT2D eigenvalue weighted by Crippen LogP contribution is -1.98. The van der Waals surface area contributed by atoms with Gasteiger partial charge in [-0.15, -0.1) is 0 Å². The number of aliphatic hydroxyl groups is 1. The van der Waals surface area contributed by atoms with Gasteiger partial charge >= 0.3 is 0 Å². The first-order valence-electron chi connectivity index (χ1n) is 3.41. The SMILES string of the molecule is Cc1ncc(F)cc1[C@H](C)O. The summed E-state index contributed by atoms with van der Waals surface area (Å²) in [4.78, 5) is 3.76. The summed E-state index contributed by atoms with van der Waals surface area (Å²) < 4.78 is 12.5. The number of nitrogens with zero attached hydrogens (tertiary/aromatic N) is 1. The van der Waals surface area contributed by atoms with E-state index in [1.807, 2.05) is 0 Å². The van der Waals surface area contributed by atoms with Crippen molar-refractivity contribution in [1.29, 1.82) is 0 Å². The van der Waals surface area contributed by atoms with Crippen LogP contribution < -0.4 is 0 Å². The first-order valence-corrected chi connectivity index (χ1v) is 3.41. The first kappa shape index (κ1) is 8.14. The molecule has 0 aliphatic carbocycles. The highest BCUT2D eigenvalue weighted by Crippen LogP contribution is 2.15. The Balaban J connectivity index is 3.13. The third-order valence-electron chi connectivity index (χ3n) is 1.54. The van der Waals surface area contributed by atoms with Crippen molar-refractivity contribution >= 4 is 0 Å². The summed E-state index contributed by atoms with van der Waals surface area (Å²) in [5.41, 5.74) is 1.21. The van der Waals surface area contributed by atoms with E-state index in [2.05, 4.69) is 4.98 Å². The topological polar surface area (TPSA) is 33.1 Å². The van der Waals surface area contributed by atoms with Crippen molar-refractivity contribution in [2.24, 2.45) is 0 Å². The summed E-state index contributed by atoms with van der Waals surface area (Å²) in [7, 11) is 0. The Morgan fingerprint density at radius 1 is 1.64 bits per heavy atom. The fraction of sp³-hybridized carbons (Fsp3) is 0.375. The Kier molecular flexibility index (Phi) is 2.19. The maximum Gasteiger partial charge on any atom is 0.141 e. The van der Waals surface area contributed by atoms with E-state index in [1.54, 1.807) is 13.8 Å². The molecule has 0 aliphatic heterocycles. The van der Waals surface area contributed by atoms with Gasteiger partial charge in [-0.2, -0.15) is 0 Å². The highest BCUT2D eigenvalue weighted by atomic mass is 19.1. The Morgan fingerprint density at radius 3 is 2.73 bits per heavy atom. The van der Waals surface area contributed by atoms with Crippen LogP contribution in [-0.2, 0) is 0 Å². The molecule has 0 saturated carbocycles. The van der Waals surface area contributed by atoms with Gasteiger partial charge in [-0.05, 0) is 19.9 Å². The summed E-state index contributed by atoms with van der Waals surface area (Å²) in [6.45, 7) is 3.32. The van der Waals surface area contributed by atoms with E-state index in [4.69, 9.17) is 5.11 Å². The molecular formula is C8H10FNO. The molecule has 60 valence electrons. The van der Waals surface area contributed by atoms with Gasteiger partial charge in [0.25, 0.3) is 0 Å². The molecule has 0 bridgehead atoms. The largest absolute Gasteiger partial charge is 0.389 e. The lowest BCUT2D eigenvalue weighted by Gasteiger charge is -2.06. The minimum absolute atomic E-state index is 0.411. The molecule has 11 heavy (non-hydrogen) atoms. The molecule has 0 unspecified atom stereocenters. The van der Waals surface area contributed by atoms with Crippen LogP contribution in [0.25, 0.3) is 0 Å². The average molecular weight is 155 g/mol. The number of hydrogen-bond acceptors (Lipinski definition) is 2. The fourth-order valence-corrected chi connectivity index (χ4v) is 0.946. The van der Waals surface area contributed by atoms with Gasteiger partial charge in [-0.25, -0.2) is 4.39 Å². The maximum absolute atomic E-state index is 12.5. The van der Waals surface area contributed by atoms with E-state index in [0.717, 1.165) is 6.20 Å². The predicted molar refractivity (Wildman–Crippen MR) is 39.6 cm³/mol. The molecule has 1 atom stereocenters. The van der Waals surface area contributed by atoms with Crippen LogP contribution in [0.15, 0.2) is 12.3 Å². The van der Waals surface area contributed by atoms with E-state index in [1.165, 1.54) is 6.07 Å². The fourth-order valence-electron chi connectivity index (χ4n) is 0.946. The van der Waals surface area contributed by atoms with Crippen molar-refractivity contribution < 1.29 is 9.50 Å². The standard InChI is InChI=1S/C8H10FNO/c1-5-8(6(2)11)3-7(9)4-10-5/h3-4,6,11H,1-2H3/t6-/m0/s1. The lowest BCUT2D eigenvalue weighted by molar-refractivity contribution is 0.197. The van der Waals surface area contributed by atoms with Crippen molar-refractivity contribution in [3.63, 3.8) is 0 Å². The van der Waals surface area contributed by atoms with E-state index < -0.39 is 11.9 Å². The third kappa shape index (κ3) is 1.74. The minimum Gasteiger partial charge on any atom is -0.389 e. The molecule has 0 radical (unpaired) electrons. The van der Waals surface area contributed by atoms with Gasteiger partial charge in [0.15, 0.2) is 0 Å². The molecule has 0 aromatic carbocycles. The highest BCUT2D eigenvalue weighted by molar-refractivity contribution is 5.21. The van der Waals surface area contributed by atoms with Crippen LogP contribution in [0.1, 0.15) is 24.3 Å². The second-order valence-corrected chi connectivity index (χ2v) is 2.50. The Labute approximate surface area is 64.7 Å². The van der Waals surface area contributed by atoms with Crippen LogP contribution in [-0.4, -0.2) is 10.1 Å². The van der Waals surface area contributed by atoms with Crippen molar-refractivity contribution in [2.75, 3.05) is 0 Å². The molecule has 1 heterocycles. The molecule has 0 amide bonds. The zero-order valence-corrected chi connectivity index (χ0v) is 6.50. The lowest BCUT2D eigenvalue weighted by atomic mass is 10.1. The van der Waals surface area contributed by atoms with Crippen LogP contribution in [0.5, 0.6) is 0 Å². The van der Waals surface area contributed by atoms with Crippen LogP contribution in [0.3, 0.4) is 0 Å². The molecular weight excluding hydrogens is 145 g/mol. The summed E-state index contributed by atoms with van der Waals surface area (Å²) in [5, 5.41) is 9.12. The summed E-state index contributed by atoms with van der Waals surface area (Å²) >= 11 is 0. The number of pyridine rings is 1. The Morgan fingerprint density at radius 2 is 2.27 bits per heavy atom. The van der Waals surface area contributed by atoms with E-state index in [9.17, 15) is 4.39 Å². The highest BCUT2D eigenvalue weighted by Gasteiger charge is 2.06. The number of halogens is 1. The maximum atomic E-state index is 12.5. The first-order chi connectivity index (χ1) is 5.11. The summed E-state index contributed by atoms with van der Waals surface area (Å²) in [5.74, 6) is -0.411. The number of rotatable bonds is 1. The van der Waals surface area contributed by atoms with Gasteiger partial charge in [0, 0.05) is 11.3 Å². The van der Waals surface area contributed by atoms with Crippen molar-refractivity contribution in [3.8, 4) is 0 Å². The van der Waals surface area contributed by atoms with Crippen LogP contribution >= 0.6 is 0 Å². The van der Waals surface area contributed by atoms with Gasteiger partial charge < -0.3 is 5.11 Å². The molecule has 0 spiro atoms. The molecule has 0 saturated heterocycles. The molecule has 1 aromatic heterocycles. The normalized spacial score (nSPS) is 13.1. The van der Waals surface area contributed by atoms with Crippen LogP contribution in [0.2, 0.25) is 0 Å². The van der Waals surface area contributed by atoms with Crippen LogP contribution in [0.4, 0.5) is 4.39 Å². The molecule has 0 fully saturated rings. The quantitative estimate of drug-likeness (QED) is 0.668. The predicted octanol–water partition coefficient (Wildman–Crippen LogP) is 1.58. The molecule has 3 heteroatoms. The van der Waals surface area contributed by atoms with Crippen molar-refractivity contribution in [3.05, 3.63) is 29.3 Å². The number of aryl methyl sites for hydroxylation is 1. The van der Waals surface area contributed by atoms with Gasteiger partial charge in [-0.1, -0.05) is 0 Å². The average Bonchev–Trinajstić information content (AvgIpc) is 1.94. The van der Waals surface area contributed by atoms with E-state index >= 15 is 0 Å². The van der Waals surface area contributed by atoms with E-state index in [-0.39, 0.29) is 0 Å².